The van der Waals surface area contributed by atoms with Gasteiger partial charge in [-0.3, -0.25) is 14.2 Å². The molecule has 0 aliphatic rings. The van der Waals surface area contributed by atoms with Gasteiger partial charge in [-0.05, 0) is 44.5 Å². The molecule has 0 saturated heterocycles. The molecule has 1 aromatic carbocycles. The van der Waals surface area contributed by atoms with Crippen molar-refractivity contribution in [3.63, 3.8) is 0 Å². The highest BCUT2D eigenvalue weighted by Gasteiger charge is 2.23. The number of carbonyl (C=O) groups excluding carboxylic acids is 1. The second-order valence-electron chi connectivity index (χ2n) is 7.34. The molecule has 0 unspecified atom stereocenters. The molecule has 3 heterocycles. The minimum Gasteiger partial charge on any atom is -0.469 e. The number of hydrogen-bond donors (Lipinski definition) is 1. The Balaban J connectivity index is 1.58. The summed E-state index contributed by atoms with van der Waals surface area (Å²) < 4.78 is 12.5. The van der Waals surface area contributed by atoms with Crippen LogP contribution >= 0.6 is 0 Å². The Kier molecular flexibility index (Phi) is 6.29. The Morgan fingerprint density at radius 3 is 2.64 bits per heavy atom. The first-order valence-electron chi connectivity index (χ1n) is 10.4. The van der Waals surface area contributed by atoms with Crippen molar-refractivity contribution in [2.24, 2.45) is 0 Å². The van der Waals surface area contributed by atoms with E-state index in [0.717, 1.165) is 15.0 Å². The number of aryl methyl sites for hydroxylation is 1. The van der Waals surface area contributed by atoms with Gasteiger partial charge in [-0.25, -0.2) is 4.79 Å². The van der Waals surface area contributed by atoms with E-state index in [4.69, 9.17) is 8.94 Å². The summed E-state index contributed by atoms with van der Waals surface area (Å²) >= 11 is 0. The number of nitrogens with zero attached hydrogens (tertiary/aromatic N) is 5. The van der Waals surface area contributed by atoms with Crippen LogP contribution in [0.4, 0.5) is 0 Å². The molecule has 11 heteroatoms. The van der Waals surface area contributed by atoms with Gasteiger partial charge in [0.15, 0.2) is 5.69 Å². The predicted octanol–water partition coefficient (Wildman–Crippen LogP) is 1.81. The molecule has 170 valence electrons. The first-order valence-corrected chi connectivity index (χ1v) is 10.4. The van der Waals surface area contributed by atoms with Crippen molar-refractivity contribution < 1.29 is 13.7 Å². The maximum absolute atomic E-state index is 12.8. The highest BCUT2D eigenvalue weighted by Crippen LogP contribution is 2.11. The highest BCUT2D eigenvalue weighted by atomic mass is 16.5. The summed E-state index contributed by atoms with van der Waals surface area (Å²) in [5.41, 5.74) is -0.995. The molecule has 4 aromatic rings. The quantitative estimate of drug-likeness (QED) is 0.429. The first-order chi connectivity index (χ1) is 16.0. The molecule has 11 nitrogen and oxygen atoms in total. The topological polar surface area (TPSA) is 138 Å². The molecule has 0 fully saturated rings. The second-order valence-corrected chi connectivity index (χ2v) is 7.34. The fourth-order valence-electron chi connectivity index (χ4n) is 3.25. The average Bonchev–Trinajstić information content (AvgIpc) is 3.51. The van der Waals surface area contributed by atoms with E-state index < -0.39 is 17.2 Å². The lowest BCUT2D eigenvalue weighted by molar-refractivity contribution is 0.0893. The number of rotatable bonds is 8. The Bertz CT molecular complexity index is 1350. The van der Waals surface area contributed by atoms with E-state index in [-0.39, 0.29) is 30.0 Å². The van der Waals surface area contributed by atoms with Crippen LogP contribution in [-0.4, -0.2) is 36.4 Å². The maximum atomic E-state index is 12.8. The molecule has 0 radical (unpaired) electrons. The van der Waals surface area contributed by atoms with E-state index >= 15 is 0 Å². The van der Waals surface area contributed by atoms with Gasteiger partial charge in [-0.1, -0.05) is 23.4 Å². The fraction of sp³-hybridized carbons (Fsp3) is 0.273. The number of para-hydroxylation sites is 1. The third kappa shape index (κ3) is 4.66. The number of benzene rings is 1. The van der Waals surface area contributed by atoms with E-state index in [9.17, 15) is 14.4 Å². The van der Waals surface area contributed by atoms with Gasteiger partial charge in [0.2, 0.25) is 5.82 Å². The Morgan fingerprint density at radius 1 is 1.15 bits per heavy atom. The number of amides is 1. The normalized spacial score (nSPS) is 11.9. The zero-order valence-electron chi connectivity index (χ0n) is 18.1. The van der Waals surface area contributed by atoms with Crippen LogP contribution in [-0.2, 0) is 13.0 Å². The third-order valence-electron chi connectivity index (χ3n) is 4.99. The summed E-state index contributed by atoms with van der Waals surface area (Å²) in [6.07, 6.45) is 2.90. The minimum atomic E-state index is -0.672. The van der Waals surface area contributed by atoms with Crippen LogP contribution in [0.2, 0.25) is 0 Å². The van der Waals surface area contributed by atoms with E-state index in [0.29, 0.717) is 18.5 Å². The lowest BCUT2D eigenvalue weighted by Crippen LogP contribution is -2.41. The van der Waals surface area contributed by atoms with Gasteiger partial charge < -0.3 is 14.3 Å². The smallest absolute Gasteiger partial charge is 0.352 e. The predicted molar refractivity (Wildman–Crippen MR) is 117 cm³/mol. The van der Waals surface area contributed by atoms with Crippen LogP contribution in [0.5, 0.6) is 0 Å². The van der Waals surface area contributed by atoms with Crippen LogP contribution in [0.3, 0.4) is 0 Å². The molecular weight excluding hydrogens is 428 g/mol. The van der Waals surface area contributed by atoms with Gasteiger partial charge in [-0.15, -0.1) is 0 Å². The summed E-state index contributed by atoms with van der Waals surface area (Å²) in [6, 6.07) is 12.1. The average molecular weight is 450 g/mol. The molecular formula is C22H22N6O5. The van der Waals surface area contributed by atoms with Crippen molar-refractivity contribution in [3.8, 4) is 17.2 Å². The van der Waals surface area contributed by atoms with Gasteiger partial charge >= 0.3 is 17.5 Å². The molecule has 0 aliphatic heterocycles. The van der Waals surface area contributed by atoms with Crippen molar-refractivity contribution >= 4 is 5.91 Å². The highest BCUT2D eigenvalue weighted by molar-refractivity contribution is 5.90. The molecule has 4 rings (SSSR count). The molecule has 0 spiro atoms. The number of nitrogens with one attached hydrogen (secondary N) is 1. The third-order valence-corrected chi connectivity index (χ3v) is 4.99. The van der Waals surface area contributed by atoms with Gasteiger partial charge in [0.1, 0.15) is 5.76 Å². The lowest BCUT2D eigenvalue weighted by atomic mass is 10.1. The summed E-state index contributed by atoms with van der Waals surface area (Å²) in [4.78, 5) is 42.1. The minimum absolute atomic E-state index is 0.123. The van der Waals surface area contributed by atoms with Crippen molar-refractivity contribution in [2.75, 3.05) is 0 Å². The van der Waals surface area contributed by atoms with E-state index in [1.54, 1.807) is 49.6 Å². The molecule has 0 saturated carbocycles. The maximum Gasteiger partial charge on any atom is 0.352 e. The Morgan fingerprint density at radius 2 is 1.94 bits per heavy atom. The SMILES string of the molecule is CCn1c(=O)c(-c2noc(C(=O)N[C@H](C)CCc3ccco3)n2)nn(-c2ccccc2)c1=O. The van der Waals surface area contributed by atoms with Crippen LogP contribution in [0.25, 0.3) is 17.2 Å². The van der Waals surface area contributed by atoms with Crippen LogP contribution in [0.15, 0.2) is 67.3 Å². The fourth-order valence-corrected chi connectivity index (χ4v) is 3.25. The number of carbonyl (C=O) groups is 1. The molecule has 33 heavy (non-hydrogen) atoms. The van der Waals surface area contributed by atoms with E-state index in [1.165, 1.54) is 0 Å². The van der Waals surface area contributed by atoms with Gasteiger partial charge in [0.05, 0.1) is 12.0 Å². The van der Waals surface area contributed by atoms with Crippen molar-refractivity contribution in [2.45, 2.75) is 39.3 Å². The zero-order valence-corrected chi connectivity index (χ0v) is 18.1. The van der Waals surface area contributed by atoms with Crippen LogP contribution < -0.4 is 16.6 Å². The largest absolute Gasteiger partial charge is 0.469 e. The number of hydrogen-bond acceptors (Lipinski definition) is 8. The summed E-state index contributed by atoms with van der Waals surface area (Å²) in [6.45, 7) is 3.63. The summed E-state index contributed by atoms with van der Waals surface area (Å²) in [5.74, 6) is -0.243. The number of aromatic nitrogens is 5. The van der Waals surface area contributed by atoms with Crippen LogP contribution in [0.1, 0.15) is 36.7 Å². The molecule has 0 aliphatic carbocycles. The standard InChI is InChI=1S/C22H22N6O5/c1-3-27-21(30)17(25-28(22(27)31)15-8-5-4-6-9-15)18-24-20(33-26-18)19(29)23-14(2)11-12-16-10-7-13-32-16/h4-10,13-14H,3,11-12H2,1-2H3,(H,23,29)/t14-/m1/s1. The summed E-state index contributed by atoms with van der Waals surface area (Å²) in [5, 5.41) is 10.7. The molecule has 3 aromatic heterocycles. The van der Waals surface area contributed by atoms with E-state index in [2.05, 4.69) is 20.6 Å². The van der Waals surface area contributed by atoms with Gasteiger partial charge in [-0.2, -0.15) is 14.8 Å². The van der Waals surface area contributed by atoms with Crippen molar-refractivity contribution in [1.29, 1.82) is 0 Å². The molecule has 1 N–H and O–H groups in total. The Labute approximate surface area is 187 Å². The second kappa shape index (κ2) is 9.47. The molecule has 0 bridgehead atoms. The number of furan rings is 1. The monoisotopic (exact) mass is 450 g/mol. The first kappa shape index (κ1) is 21.9. The van der Waals surface area contributed by atoms with Gasteiger partial charge in [0.25, 0.3) is 5.56 Å². The lowest BCUT2D eigenvalue weighted by Gasteiger charge is -2.11. The van der Waals surface area contributed by atoms with E-state index in [1.807, 2.05) is 13.0 Å². The van der Waals surface area contributed by atoms with Crippen LogP contribution in [0, 0.1) is 0 Å². The Hall–Kier alpha value is -4.28. The van der Waals surface area contributed by atoms with Crippen molar-refractivity contribution in [3.05, 3.63) is 81.2 Å². The molecule has 1 amide bonds. The molecule has 1 atom stereocenters. The zero-order chi connectivity index (χ0) is 23.4. The van der Waals surface area contributed by atoms with Crippen molar-refractivity contribution in [1.82, 2.24) is 29.8 Å². The summed E-state index contributed by atoms with van der Waals surface area (Å²) in [7, 11) is 0. The van der Waals surface area contributed by atoms with Gasteiger partial charge in [0, 0.05) is 19.0 Å².